The first-order valence-corrected chi connectivity index (χ1v) is 13.8. The van der Waals surface area contributed by atoms with Gasteiger partial charge in [0.25, 0.3) is 5.91 Å². The van der Waals surface area contributed by atoms with Crippen LogP contribution in [0.3, 0.4) is 0 Å². The molecule has 40 heavy (non-hydrogen) atoms. The third-order valence-electron chi connectivity index (χ3n) is 7.84. The summed E-state index contributed by atoms with van der Waals surface area (Å²) < 4.78 is 7.79. The molecular weight excluding hydrogens is 526 g/mol. The predicted octanol–water partition coefficient (Wildman–Crippen LogP) is 3.74. The van der Waals surface area contributed by atoms with Gasteiger partial charge in [0.2, 0.25) is 0 Å². The molecule has 202 valence electrons. The molecular formula is C30H28ClN7O2. The highest BCUT2D eigenvalue weighted by atomic mass is 35.5. The minimum atomic E-state index is -0.110. The molecule has 5 heterocycles. The third-order valence-corrected chi connectivity index (χ3v) is 8.16. The molecule has 3 aliphatic rings. The van der Waals surface area contributed by atoms with Crippen molar-refractivity contribution in [1.82, 2.24) is 29.3 Å². The second-order valence-electron chi connectivity index (χ2n) is 10.7. The maximum atomic E-state index is 13.8. The number of carbonyl (C=O) groups is 1. The van der Waals surface area contributed by atoms with Gasteiger partial charge < -0.3 is 19.9 Å². The summed E-state index contributed by atoms with van der Waals surface area (Å²) in [6.07, 6.45) is 5.54. The van der Waals surface area contributed by atoms with Crippen LogP contribution in [0.1, 0.15) is 57.1 Å². The van der Waals surface area contributed by atoms with Gasteiger partial charge in [-0.25, -0.2) is 9.97 Å². The minimum absolute atomic E-state index is 0.110. The van der Waals surface area contributed by atoms with Crippen molar-refractivity contribution in [2.24, 2.45) is 0 Å². The van der Waals surface area contributed by atoms with Gasteiger partial charge in [-0.2, -0.15) is 0 Å². The van der Waals surface area contributed by atoms with Gasteiger partial charge in [0.1, 0.15) is 17.3 Å². The third kappa shape index (κ3) is 4.58. The standard InChI is InChI=1S/C30H28ClN7O2/c1-36-8-9-37-21(13-34-28(37)15-36)5-3-18-2-4-19(33-12-18)14-38(20-6-7-20)30(39)23-10-22-24-16-40-17-25(24)29(32)35-27(22)11-26(23)31/h2,4,10-13,20H,6-9,14-17H2,1H3,(H2,32,35). The summed E-state index contributed by atoms with van der Waals surface area (Å²) in [6.45, 7) is 3.98. The Morgan fingerprint density at radius 2 is 2.00 bits per heavy atom. The van der Waals surface area contributed by atoms with E-state index in [1.54, 1.807) is 12.3 Å². The van der Waals surface area contributed by atoms with Crippen LogP contribution in [0.25, 0.3) is 10.9 Å². The molecule has 2 aliphatic heterocycles. The fraction of sp³-hybridized carbons (Fsp3) is 0.333. The fourth-order valence-electron chi connectivity index (χ4n) is 5.45. The van der Waals surface area contributed by atoms with Gasteiger partial charge in [0.05, 0.1) is 54.3 Å². The average molecular weight is 554 g/mol. The number of rotatable bonds is 4. The Morgan fingerprint density at radius 1 is 1.15 bits per heavy atom. The Labute approximate surface area is 236 Å². The number of carbonyl (C=O) groups excluding carboxylic acids is 1. The highest BCUT2D eigenvalue weighted by Crippen LogP contribution is 2.36. The number of halogens is 1. The highest BCUT2D eigenvalue weighted by molar-refractivity contribution is 6.34. The first-order chi connectivity index (χ1) is 19.4. The van der Waals surface area contributed by atoms with Crippen molar-refractivity contribution in [3.63, 3.8) is 0 Å². The van der Waals surface area contributed by atoms with Crippen LogP contribution in [-0.4, -0.2) is 54.9 Å². The number of nitrogens with two attached hydrogens (primary N) is 1. The molecule has 0 unspecified atom stereocenters. The number of pyridine rings is 2. The quantitative estimate of drug-likeness (QED) is 0.384. The van der Waals surface area contributed by atoms with E-state index in [4.69, 9.17) is 22.1 Å². The van der Waals surface area contributed by atoms with Crippen molar-refractivity contribution in [3.05, 3.63) is 81.1 Å². The van der Waals surface area contributed by atoms with E-state index < -0.39 is 0 Å². The first-order valence-electron chi connectivity index (χ1n) is 13.4. The summed E-state index contributed by atoms with van der Waals surface area (Å²) in [5.41, 5.74) is 11.7. The number of likely N-dealkylation sites (N-methyl/N-ethyl adjacent to an activating group) is 1. The van der Waals surface area contributed by atoms with Crippen molar-refractivity contribution in [2.45, 2.75) is 51.7 Å². The molecule has 2 N–H and O–H groups in total. The van der Waals surface area contributed by atoms with Crippen LogP contribution in [0.5, 0.6) is 0 Å². The van der Waals surface area contributed by atoms with Gasteiger partial charge in [0.15, 0.2) is 0 Å². The van der Waals surface area contributed by atoms with Crippen LogP contribution in [0, 0.1) is 11.8 Å². The zero-order valence-corrected chi connectivity index (χ0v) is 22.9. The van der Waals surface area contributed by atoms with Gasteiger partial charge in [-0.3, -0.25) is 14.7 Å². The largest absolute Gasteiger partial charge is 0.383 e. The number of amides is 1. The fourth-order valence-corrected chi connectivity index (χ4v) is 5.69. The molecule has 0 radical (unpaired) electrons. The summed E-state index contributed by atoms with van der Waals surface area (Å²) >= 11 is 6.62. The molecule has 0 saturated heterocycles. The number of aromatic nitrogens is 4. The number of anilines is 1. The topological polar surface area (TPSA) is 102 Å². The maximum Gasteiger partial charge on any atom is 0.255 e. The number of fused-ring (bicyclic) bond motifs is 4. The van der Waals surface area contributed by atoms with Gasteiger partial charge >= 0.3 is 0 Å². The van der Waals surface area contributed by atoms with Crippen LogP contribution in [0.4, 0.5) is 5.82 Å². The number of benzene rings is 1. The van der Waals surface area contributed by atoms with Crippen LogP contribution in [-0.2, 0) is 37.6 Å². The summed E-state index contributed by atoms with van der Waals surface area (Å²) in [5.74, 6) is 7.84. The van der Waals surface area contributed by atoms with Crippen molar-refractivity contribution in [2.75, 3.05) is 19.3 Å². The van der Waals surface area contributed by atoms with E-state index in [9.17, 15) is 4.79 Å². The number of hydrogen-bond acceptors (Lipinski definition) is 7. The first kappa shape index (κ1) is 25.0. The Bertz CT molecular complexity index is 1720. The van der Waals surface area contributed by atoms with Crippen molar-refractivity contribution in [1.29, 1.82) is 0 Å². The lowest BCUT2D eigenvalue weighted by atomic mass is 10.0. The Morgan fingerprint density at radius 3 is 2.80 bits per heavy atom. The van der Waals surface area contributed by atoms with Crippen molar-refractivity contribution >= 4 is 34.2 Å². The molecule has 1 aliphatic carbocycles. The summed E-state index contributed by atoms with van der Waals surface area (Å²) in [5, 5.41) is 1.22. The lowest BCUT2D eigenvalue weighted by Crippen LogP contribution is -2.33. The molecule has 3 aromatic heterocycles. The van der Waals surface area contributed by atoms with E-state index in [-0.39, 0.29) is 11.9 Å². The minimum Gasteiger partial charge on any atom is -0.383 e. The van der Waals surface area contributed by atoms with Gasteiger partial charge in [-0.15, -0.1) is 0 Å². The van der Waals surface area contributed by atoms with E-state index in [0.29, 0.717) is 41.7 Å². The molecule has 1 fully saturated rings. The molecule has 1 amide bonds. The second-order valence-corrected chi connectivity index (χ2v) is 11.1. The van der Waals surface area contributed by atoms with Crippen LogP contribution in [0.15, 0.2) is 36.7 Å². The SMILES string of the molecule is CN1CCn2c(C#Cc3ccc(CN(C(=O)c4cc5c6c(c(N)nc5cc4Cl)COC6)C4CC4)nc3)cnc2C1. The summed E-state index contributed by atoms with van der Waals surface area (Å²) in [7, 11) is 2.10. The van der Waals surface area contributed by atoms with E-state index in [1.807, 2.05) is 29.3 Å². The molecule has 0 bridgehead atoms. The lowest BCUT2D eigenvalue weighted by molar-refractivity contribution is 0.0728. The van der Waals surface area contributed by atoms with E-state index in [2.05, 4.69) is 43.3 Å². The van der Waals surface area contributed by atoms with Gasteiger partial charge in [0, 0.05) is 41.8 Å². The zero-order chi connectivity index (χ0) is 27.4. The second kappa shape index (κ2) is 9.89. The molecule has 0 spiro atoms. The number of nitrogen functional groups attached to an aromatic ring is 1. The van der Waals surface area contributed by atoms with Crippen LogP contribution < -0.4 is 5.73 Å². The zero-order valence-electron chi connectivity index (χ0n) is 22.2. The monoisotopic (exact) mass is 553 g/mol. The van der Waals surface area contributed by atoms with Crippen molar-refractivity contribution < 1.29 is 9.53 Å². The van der Waals surface area contributed by atoms with Gasteiger partial charge in [-0.1, -0.05) is 17.5 Å². The van der Waals surface area contributed by atoms with Gasteiger partial charge in [-0.05, 0) is 55.6 Å². The van der Waals surface area contributed by atoms with E-state index in [0.717, 1.165) is 71.8 Å². The Balaban J connectivity index is 1.12. The molecule has 10 heteroatoms. The highest BCUT2D eigenvalue weighted by Gasteiger charge is 2.34. The van der Waals surface area contributed by atoms with Crippen LogP contribution >= 0.6 is 11.6 Å². The molecule has 1 saturated carbocycles. The Kier molecular flexibility index (Phi) is 6.19. The lowest BCUT2D eigenvalue weighted by Gasteiger charge is -2.23. The number of imidazole rings is 1. The molecule has 7 rings (SSSR count). The van der Waals surface area contributed by atoms with Crippen molar-refractivity contribution in [3.8, 4) is 11.8 Å². The van der Waals surface area contributed by atoms with Crippen LogP contribution in [0.2, 0.25) is 5.02 Å². The summed E-state index contributed by atoms with van der Waals surface area (Å²) in [6, 6.07) is 7.63. The molecule has 4 aromatic rings. The molecule has 0 atom stereocenters. The molecule has 1 aromatic carbocycles. The smallest absolute Gasteiger partial charge is 0.255 e. The summed E-state index contributed by atoms with van der Waals surface area (Å²) in [4.78, 5) is 31.6. The Hall–Kier alpha value is -3.97. The average Bonchev–Trinajstić information content (AvgIpc) is 3.51. The predicted molar refractivity (Wildman–Crippen MR) is 151 cm³/mol. The van der Waals surface area contributed by atoms with E-state index in [1.165, 1.54) is 0 Å². The number of nitrogens with zero attached hydrogens (tertiary/aromatic N) is 6. The molecule has 9 nitrogen and oxygen atoms in total. The number of hydrogen-bond donors (Lipinski definition) is 1. The number of ether oxygens (including phenoxy) is 1. The maximum absolute atomic E-state index is 13.8. The van der Waals surface area contributed by atoms with E-state index >= 15 is 0 Å². The normalized spacial score (nSPS) is 16.4.